The average Bonchev–Trinajstić information content (AvgIpc) is 2.75. The zero-order valence-electron chi connectivity index (χ0n) is 9.77. The fourth-order valence-corrected chi connectivity index (χ4v) is 4.42. The van der Waals surface area contributed by atoms with Crippen molar-refractivity contribution in [1.82, 2.24) is 4.72 Å². The van der Waals surface area contributed by atoms with Gasteiger partial charge in [-0.3, -0.25) is 0 Å². The number of halogens is 2. The van der Waals surface area contributed by atoms with Crippen molar-refractivity contribution in [1.29, 1.82) is 0 Å². The van der Waals surface area contributed by atoms with Crippen LogP contribution in [0.1, 0.15) is 19.3 Å². The Morgan fingerprint density at radius 2 is 2.17 bits per heavy atom. The van der Waals surface area contributed by atoms with Crippen LogP contribution >= 0.6 is 15.9 Å². The summed E-state index contributed by atoms with van der Waals surface area (Å²) in [6.07, 6.45) is 2.87. The molecule has 0 amide bonds. The Bertz CT molecular complexity index is 521. The second-order valence-corrected chi connectivity index (χ2v) is 6.89. The molecule has 0 radical (unpaired) electrons. The molecule has 1 fully saturated rings. The monoisotopic (exact) mass is 335 g/mol. The summed E-state index contributed by atoms with van der Waals surface area (Å²) in [7, 11) is -3.62. The van der Waals surface area contributed by atoms with Crippen molar-refractivity contribution in [2.75, 3.05) is 5.33 Å². The second-order valence-electron chi connectivity index (χ2n) is 4.53. The third kappa shape index (κ3) is 3.10. The van der Waals surface area contributed by atoms with E-state index in [4.69, 9.17) is 0 Å². The van der Waals surface area contributed by atoms with E-state index in [-0.39, 0.29) is 10.9 Å². The van der Waals surface area contributed by atoms with Gasteiger partial charge in [0.15, 0.2) is 0 Å². The maximum absolute atomic E-state index is 13.1. The number of hydrogen-bond donors (Lipinski definition) is 1. The van der Waals surface area contributed by atoms with Crippen molar-refractivity contribution < 1.29 is 12.8 Å². The molecule has 1 aromatic rings. The van der Waals surface area contributed by atoms with E-state index in [1.54, 1.807) is 0 Å². The van der Waals surface area contributed by atoms with Crippen LogP contribution < -0.4 is 4.72 Å². The van der Waals surface area contributed by atoms with E-state index in [1.807, 2.05) is 0 Å². The molecule has 0 heterocycles. The molecule has 2 rings (SSSR count). The van der Waals surface area contributed by atoms with Crippen molar-refractivity contribution in [3.63, 3.8) is 0 Å². The minimum atomic E-state index is -3.62. The van der Waals surface area contributed by atoms with E-state index in [9.17, 15) is 12.8 Å². The predicted octanol–water partition coefficient (Wildman–Crippen LogP) is 2.67. The van der Waals surface area contributed by atoms with Crippen LogP contribution in [0.2, 0.25) is 0 Å². The maximum atomic E-state index is 13.1. The first-order chi connectivity index (χ1) is 8.53. The van der Waals surface area contributed by atoms with Crippen LogP contribution in [-0.4, -0.2) is 19.8 Å². The van der Waals surface area contributed by atoms with Gasteiger partial charge >= 0.3 is 0 Å². The SMILES string of the molecule is O=S(=O)(NC1CCCC1CBr)c1cccc(F)c1. The lowest BCUT2D eigenvalue weighted by Crippen LogP contribution is -2.37. The summed E-state index contributed by atoms with van der Waals surface area (Å²) in [6.45, 7) is 0. The van der Waals surface area contributed by atoms with E-state index in [1.165, 1.54) is 18.2 Å². The first-order valence-corrected chi connectivity index (χ1v) is 8.47. The Balaban J connectivity index is 2.17. The zero-order valence-corrected chi connectivity index (χ0v) is 12.2. The lowest BCUT2D eigenvalue weighted by atomic mass is 10.1. The molecule has 18 heavy (non-hydrogen) atoms. The summed E-state index contributed by atoms with van der Waals surface area (Å²) < 4.78 is 39.9. The van der Waals surface area contributed by atoms with Crippen LogP contribution in [0.4, 0.5) is 4.39 Å². The Morgan fingerprint density at radius 1 is 1.39 bits per heavy atom. The lowest BCUT2D eigenvalue weighted by molar-refractivity contribution is 0.484. The number of sulfonamides is 1. The molecule has 1 saturated carbocycles. The van der Waals surface area contributed by atoms with Gasteiger partial charge in [-0.2, -0.15) is 0 Å². The van der Waals surface area contributed by atoms with Crippen LogP contribution in [0.3, 0.4) is 0 Å². The maximum Gasteiger partial charge on any atom is 0.240 e. The summed E-state index contributed by atoms with van der Waals surface area (Å²) in [5, 5.41) is 0.781. The fourth-order valence-electron chi connectivity index (χ4n) is 2.28. The molecule has 0 spiro atoms. The molecule has 0 aromatic heterocycles. The van der Waals surface area contributed by atoms with Crippen molar-refractivity contribution >= 4 is 26.0 Å². The second kappa shape index (κ2) is 5.67. The highest BCUT2D eigenvalue weighted by Gasteiger charge is 2.30. The Morgan fingerprint density at radius 3 is 2.83 bits per heavy atom. The smallest absolute Gasteiger partial charge is 0.208 e. The van der Waals surface area contributed by atoms with Gasteiger partial charge in [0.2, 0.25) is 10.0 Å². The van der Waals surface area contributed by atoms with Gasteiger partial charge in [0, 0.05) is 11.4 Å². The van der Waals surface area contributed by atoms with E-state index in [0.717, 1.165) is 30.7 Å². The van der Waals surface area contributed by atoms with Crippen LogP contribution in [-0.2, 0) is 10.0 Å². The Kier molecular flexibility index (Phi) is 4.40. The van der Waals surface area contributed by atoms with Gasteiger partial charge in [-0.15, -0.1) is 0 Å². The number of nitrogens with one attached hydrogen (secondary N) is 1. The van der Waals surface area contributed by atoms with Gasteiger partial charge in [0.25, 0.3) is 0 Å². The molecule has 100 valence electrons. The van der Waals surface area contributed by atoms with Crippen LogP contribution in [0.25, 0.3) is 0 Å². The highest BCUT2D eigenvalue weighted by Crippen LogP contribution is 2.28. The van der Waals surface area contributed by atoms with Gasteiger partial charge in [-0.05, 0) is 37.0 Å². The van der Waals surface area contributed by atoms with E-state index in [0.29, 0.717) is 5.92 Å². The van der Waals surface area contributed by atoms with E-state index >= 15 is 0 Å². The molecule has 3 nitrogen and oxygen atoms in total. The molecule has 1 aromatic carbocycles. The topological polar surface area (TPSA) is 46.2 Å². The molecule has 1 aliphatic rings. The third-order valence-corrected chi connectivity index (χ3v) is 5.59. The quantitative estimate of drug-likeness (QED) is 0.860. The summed E-state index contributed by atoms with van der Waals surface area (Å²) in [5.41, 5.74) is 0. The molecule has 1 aliphatic carbocycles. The molecule has 0 aliphatic heterocycles. The molecule has 0 saturated heterocycles. The average molecular weight is 336 g/mol. The lowest BCUT2D eigenvalue weighted by Gasteiger charge is -2.19. The Labute approximate surface area is 115 Å². The molecule has 6 heteroatoms. The summed E-state index contributed by atoms with van der Waals surface area (Å²) in [5.74, 6) is -0.227. The van der Waals surface area contributed by atoms with Gasteiger partial charge < -0.3 is 0 Å². The van der Waals surface area contributed by atoms with Crippen LogP contribution in [0.5, 0.6) is 0 Å². The first kappa shape index (κ1) is 14.0. The number of benzene rings is 1. The van der Waals surface area contributed by atoms with Crippen LogP contribution in [0.15, 0.2) is 29.2 Å². The Hall–Kier alpha value is -0.460. The van der Waals surface area contributed by atoms with Crippen molar-refractivity contribution in [2.45, 2.75) is 30.2 Å². The first-order valence-electron chi connectivity index (χ1n) is 5.87. The van der Waals surface area contributed by atoms with Gasteiger partial charge in [0.05, 0.1) is 4.90 Å². The zero-order chi connectivity index (χ0) is 13.2. The normalized spacial score (nSPS) is 24.3. The largest absolute Gasteiger partial charge is 0.240 e. The number of hydrogen-bond acceptors (Lipinski definition) is 2. The minimum absolute atomic E-state index is 0.0114. The minimum Gasteiger partial charge on any atom is -0.208 e. The van der Waals surface area contributed by atoms with Crippen molar-refractivity contribution in [3.8, 4) is 0 Å². The van der Waals surface area contributed by atoms with Crippen molar-refractivity contribution in [3.05, 3.63) is 30.1 Å². The summed E-state index contributed by atoms with van der Waals surface area (Å²) >= 11 is 3.40. The van der Waals surface area contributed by atoms with Gasteiger partial charge in [0.1, 0.15) is 5.82 Å². The van der Waals surface area contributed by atoms with Gasteiger partial charge in [-0.1, -0.05) is 28.4 Å². The van der Waals surface area contributed by atoms with E-state index in [2.05, 4.69) is 20.7 Å². The predicted molar refractivity (Wildman–Crippen MR) is 71.6 cm³/mol. The number of alkyl halides is 1. The van der Waals surface area contributed by atoms with E-state index < -0.39 is 15.8 Å². The fraction of sp³-hybridized carbons (Fsp3) is 0.500. The molecule has 2 atom stereocenters. The third-order valence-electron chi connectivity index (χ3n) is 3.27. The molecule has 0 bridgehead atoms. The molecular weight excluding hydrogens is 321 g/mol. The van der Waals surface area contributed by atoms with Crippen molar-refractivity contribution in [2.24, 2.45) is 5.92 Å². The highest BCUT2D eigenvalue weighted by molar-refractivity contribution is 9.09. The molecule has 2 unspecified atom stereocenters. The molecule has 1 N–H and O–H groups in total. The standard InChI is InChI=1S/C12H15BrFNO2S/c13-8-9-3-1-6-12(9)15-18(16,17)11-5-2-4-10(14)7-11/h2,4-5,7,9,12,15H,1,3,6,8H2. The molecular formula is C12H15BrFNO2S. The highest BCUT2D eigenvalue weighted by atomic mass is 79.9. The summed E-state index contributed by atoms with van der Waals surface area (Å²) in [6, 6.07) is 5.03. The number of rotatable bonds is 4. The summed E-state index contributed by atoms with van der Waals surface area (Å²) in [4.78, 5) is -0.0114. The van der Waals surface area contributed by atoms with Crippen LogP contribution in [0, 0.1) is 11.7 Å². The van der Waals surface area contributed by atoms with Gasteiger partial charge in [-0.25, -0.2) is 17.5 Å².